The Morgan fingerprint density at radius 2 is 1.84 bits per heavy atom. The van der Waals surface area contributed by atoms with E-state index < -0.39 is 6.04 Å². The summed E-state index contributed by atoms with van der Waals surface area (Å²) >= 11 is 0. The number of benzene rings is 2. The van der Waals surface area contributed by atoms with Crippen molar-refractivity contribution in [3.63, 3.8) is 0 Å². The van der Waals surface area contributed by atoms with Crippen molar-refractivity contribution in [2.45, 2.75) is 45.7 Å². The van der Waals surface area contributed by atoms with Crippen LogP contribution in [0.1, 0.15) is 36.5 Å². The number of carbonyl (C=O) groups excluding carboxylic acids is 2. The normalized spacial score (nSPS) is 15.3. The predicted octanol–water partition coefficient (Wildman–Crippen LogP) is 3.37. The van der Waals surface area contributed by atoms with Gasteiger partial charge >= 0.3 is 0 Å². The number of nitrogens with one attached hydrogen (secondary N) is 1. The van der Waals surface area contributed by atoms with Crippen molar-refractivity contribution < 1.29 is 9.59 Å². The molecule has 0 bridgehead atoms. The van der Waals surface area contributed by atoms with Gasteiger partial charge in [0.25, 0.3) is 0 Å². The molecule has 1 atom stereocenters. The van der Waals surface area contributed by atoms with Gasteiger partial charge in [-0.25, -0.2) is 0 Å². The fraction of sp³-hybridized carbons (Fsp3) is 0.333. The number of nitrogens with zero attached hydrogens (tertiary/aromatic N) is 1. The Morgan fingerprint density at radius 1 is 1.12 bits per heavy atom. The van der Waals surface area contributed by atoms with Crippen LogP contribution >= 0.6 is 0 Å². The average Bonchev–Trinajstić information content (AvgIpc) is 2.78. The van der Waals surface area contributed by atoms with E-state index in [0.29, 0.717) is 13.0 Å². The van der Waals surface area contributed by atoms with Gasteiger partial charge < -0.3 is 5.32 Å². The van der Waals surface area contributed by atoms with Gasteiger partial charge in [-0.15, -0.1) is 0 Å². The van der Waals surface area contributed by atoms with E-state index in [1.54, 1.807) is 11.8 Å². The predicted molar refractivity (Wildman–Crippen MR) is 99.4 cm³/mol. The maximum atomic E-state index is 12.6. The molecule has 0 fully saturated rings. The first-order chi connectivity index (χ1) is 12.1. The number of hydrogen-bond acceptors (Lipinski definition) is 2. The number of carbonyl (C=O) groups is 2. The van der Waals surface area contributed by atoms with Gasteiger partial charge in [0.05, 0.1) is 0 Å². The second kappa shape index (κ2) is 7.51. The van der Waals surface area contributed by atoms with Gasteiger partial charge in [-0.3, -0.25) is 14.5 Å². The molecular formula is C21H24N2O2. The molecule has 2 aromatic carbocycles. The molecule has 1 N–H and O–H groups in total. The lowest BCUT2D eigenvalue weighted by Gasteiger charge is -2.28. The minimum Gasteiger partial charge on any atom is -0.350 e. The molecule has 3 rings (SSSR count). The van der Waals surface area contributed by atoms with E-state index in [1.165, 1.54) is 5.56 Å². The molecule has 2 amide bonds. The SMILES string of the molecule is Cc1ccc(CNC(=O)C(C)N2C(=O)CCCc3ccccc32)cc1. The van der Waals surface area contributed by atoms with Crippen LogP contribution in [0.2, 0.25) is 0 Å². The van der Waals surface area contributed by atoms with E-state index in [-0.39, 0.29) is 11.8 Å². The molecule has 0 spiro atoms. The van der Waals surface area contributed by atoms with Crippen LogP contribution in [0.25, 0.3) is 0 Å². The van der Waals surface area contributed by atoms with E-state index in [0.717, 1.165) is 29.7 Å². The molecule has 2 aromatic rings. The van der Waals surface area contributed by atoms with Gasteiger partial charge in [-0.1, -0.05) is 48.0 Å². The number of hydrogen-bond donors (Lipinski definition) is 1. The molecule has 4 nitrogen and oxygen atoms in total. The molecule has 0 radical (unpaired) electrons. The molecule has 0 saturated heterocycles. The molecule has 130 valence electrons. The zero-order chi connectivity index (χ0) is 17.8. The van der Waals surface area contributed by atoms with Crippen molar-refractivity contribution in [2.75, 3.05) is 4.90 Å². The van der Waals surface area contributed by atoms with Crippen LogP contribution in [0.3, 0.4) is 0 Å². The van der Waals surface area contributed by atoms with Crippen LogP contribution in [0.5, 0.6) is 0 Å². The van der Waals surface area contributed by atoms with E-state index >= 15 is 0 Å². The Morgan fingerprint density at radius 3 is 2.60 bits per heavy atom. The maximum absolute atomic E-state index is 12.6. The smallest absolute Gasteiger partial charge is 0.243 e. The lowest BCUT2D eigenvalue weighted by Crippen LogP contribution is -2.48. The zero-order valence-corrected chi connectivity index (χ0v) is 14.8. The van der Waals surface area contributed by atoms with Crippen LogP contribution in [-0.4, -0.2) is 17.9 Å². The lowest BCUT2D eigenvalue weighted by atomic mass is 10.1. The first kappa shape index (κ1) is 17.2. The topological polar surface area (TPSA) is 49.4 Å². The fourth-order valence-electron chi connectivity index (χ4n) is 3.23. The second-order valence-electron chi connectivity index (χ2n) is 6.63. The van der Waals surface area contributed by atoms with E-state index in [4.69, 9.17) is 0 Å². The summed E-state index contributed by atoms with van der Waals surface area (Å²) in [6, 6.07) is 15.4. The van der Waals surface area contributed by atoms with Gasteiger partial charge in [-0.05, 0) is 43.9 Å². The van der Waals surface area contributed by atoms with Gasteiger partial charge in [0.1, 0.15) is 6.04 Å². The summed E-state index contributed by atoms with van der Waals surface area (Å²) in [6.07, 6.45) is 2.17. The number of aryl methyl sites for hydroxylation is 2. The minimum absolute atomic E-state index is 0.0166. The number of amides is 2. The Balaban J connectivity index is 1.74. The van der Waals surface area contributed by atoms with Crippen molar-refractivity contribution in [3.05, 3.63) is 65.2 Å². The summed E-state index contributed by atoms with van der Waals surface area (Å²) in [4.78, 5) is 26.9. The molecular weight excluding hydrogens is 312 g/mol. The van der Waals surface area contributed by atoms with Crippen molar-refractivity contribution in [2.24, 2.45) is 0 Å². The third kappa shape index (κ3) is 3.90. The Kier molecular flexibility index (Phi) is 5.17. The highest BCUT2D eigenvalue weighted by molar-refractivity contribution is 6.01. The summed E-state index contributed by atoms with van der Waals surface area (Å²) in [5, 5.41) is 2.95. The maximum Gasteiger partial charge on any atom is 0.243 e. The van der Waals surface area contributed by atoms with E-state index in [9.17, 15) is 9.59 Å². The number of anilines is 1. The minimum atomic E-state index is -0.530. The van der Waals surface area contributed by atoms with E-state index in [1.807, 2.05) is 55.5 Å². The van der Waals surface area contributed by atoms with Crippen LogP contribution in [0.15, 0.2) is 48.5 Å². The van der Waals surface area contributed by atoms with Crippen LogP contribution in [0, 0.1) is 6.92 Å². The number of rotatable bonds is 4. The standard InChI is InChI=1S/C21H24N2O2/c1-15-10-12-17(13-11-15)14-22-21(25)16(2)23-19-8-4-3-6-18(19)7-5-9-20(23)24/h3-4,6,8,10-13,16H,5,7,9,14H2,1-2H3,(H,22,25). The van der Waals surface area contributed by atoms with Gasteiger partial charge in [0.2, 0.25) is 11.8 Å². The lowest BCUT2D eigenvalue weighted by molar-refractivity contribution is -0.126. The van der Waals surface area contributed by atoms with Crippen molar-refractivity contribution in [1.29, 1.82) is 0 Å². The third-order valence-corrected chi connectivity index (χ3v) is 4.71. The monoisotopic (exact) mass is 336 g/mol. The Hall–Kier alpha value is -2.62. The molecule has 25 heavy (non-hydrogen) atoms. The Labute approximate surface area is 148 Å². The highest BCUT2D eigenvalue weighted by Gasteiger charge is 2.30. The van der Waals surface area contributed by atoms with Crippen molar-refractivity contribution in [3.8, 4) is 0 Å². The fourth-order valence-corrected chi connectivity index (χ4v) is 3.23. The summed E-state index contributed by atoms with van der Waals surface area (Å²) in [6.45, 7) is 4.30. The van der Waals surface area contributed by atoms with Crippen LogP contribution < -0.4 is 10.2 Å². The van der Waals surface area contributed by atoms with Crippen molar-refractivity contribution in [1.82, 2.24) is 5.32 Å². The Bertz CT molecular complexity index is 768. The van der Waals surface area contributed by atoms with Crippen molar-refractivity contribution >= 4 is 17.5 Å². The average molecular weight is 336 g/mol. The molecule has 1 heterocycles. The molecule has 0 aliphatic carbocycles. The van der Waals surface area contributed by atoms with Gasteiger partial charge in [0, 0.05) is 18.7 Å². The number of fused-ring (bicyclic) bond motifs is 1. The molecule has 0 aromatic heterocycles. The quantitative estimate of drug-likeness (QED) is 0.930. The summed E-state index contributed by atoms with van der Waals surface area (Å²) < 4.78 is 0. The zero-order valence-electron chi connectivity index (χ0n) is 14.8. The van der Waals surface area contributed by atoms with Gasteiger partial charge in [0.15, 0.2) is 0 Å². The highest BCUT2D eigenvalue weighted by atomic mass is 16.2. The first-order valence-corrected chi connectivity index (χ1v) is 8.79. The summed E-state index contributed by atoms with van der Waals surface area (Å²) in [5.74, 6) is -0.117. The third-order valence-electron chi connectivity index (χ3n) is 4.71. The van der Waals surface area contributed by atoms with Crippen LogP contribution in [0.4, 0.5) is 5.69 Å². The largest absolute Gasteiger partial charge is 0.350 e. The second-order valence-corrected chi connectivity index (χ2v) is 6.63. The molecule has 1 aliphatic rings. The number of para-hydroxylation sites is 1. The summed E-state index contributed by atoms with van der Waals surface area (Å²) in [7, 11) is 0. The highest BCUT2D eigenvalue weighted by Crippen LogP contribution is 2.28. The summed E-state index contributed by atoms with van der Waals surface area (Å²) in [5.41, 5.74) is 4.23. The van der Waals surface area contributed by atoms with E-state index in [2.05, 4.69) is 5.32 Å². The molecule has 4 heteroatoms. The van der Waals surface area contributed by atoms with Gasteiger partial charge in [-0.2, -0.15) is 0 Å². The first-order valence-electron chi connectivity index (χ1n) is 8.79. The molecule has 1 aliphatic heterocycles. The van der Waals surface area contributed by atoms with Crippen LogP contribution in [-0.2, 0) is 22.6 Å². The molecule has 1 unspecified atom stereocenters. The molecule has 0 saturated carbocycles.